The number of carbonyl (C=O) groups excluding carboxylic acids is 2. The van der Waals surface area contributed by atoms with Crippen LogP contribution < -0.4 is 5.32 Å². The minimum absolute atomic E-state index is 0.128. The highest BCUT2D eigenvalue weighted by molar-refractivity contribution is 5.86. The largest absolute Gasteiger partial charge is 0.508 e. The summed E-state index contributed by atoms with van der Waals surface area (Å²) in [5.41, 5.74) is -1.92. The predicted octanol–water partition coefficient (Wildman–Crippen LogP) is 3.56. The molecule has 1 aromatic carbocycles. The van der Waals surface area contributed by atoms with Crippen LogP contribution in [0.2, 0.25) is 0 Å². The normalized spacial score (nSPS) is 14.4. The van der Waals surface area contributed by atoms with Crippen molar-refractivity contribution < 1.29 is 24.2 Å². The number of alkyl carbamates (subject to hydrolysis) is 1. The third kappa shape index (κ3) is 7.45. The van der Waals surface area contributed by atoms with E-state index in [9.17, 15) is 14.7 Å². The number of phenolic OH excluding ortho intramolecular Hbond substituents is 1. The Hall–Kier alpha value is -2.24. The number of hydrogen-bond acceptors (Lipinski definition) is 5. The van der Waals surface area contributed by atoms with Crippen molar-refractivity contribution in [2.45, 2.75) is 71.6 Å². The first-order chi connectivity index (χ1) is 11.2. The van der Waals surface area contributed by atoms with Gasteiger partial charge >= 0.3 is 12.1 Å². The van der Waals surface area contributed by atoms with Crippen LogP contribution in [-0.2, 0) is 20.7 Å². The van der Waals surface area contributed by atoms with Crippen molar-refractivity contribution in [3.8, 4) is 5.75 Å². The Morgan fingerprint density at radius 1 is 0.920 bits per heavy atom. The molecule has 0 bridgehead atoms. The van der Waals surface area contributed by atoms with Gasteiger partial charge in [-0.25, -0.2) is 9.59 Å². The lowest BCUT2D eigenvalue weighted by molar-refractivity contribution is -0.162. The van der Waals surface area contributed by atoms with Crippen LogP contribution in [0.4, 0.5) is 4.79 Å². The molecule has 0 saturated heterocycles. The second-order valence-electron chi connectivity index (χ2n) is 8.30. The van der Waals surface area contributed by atoms with Gasteiger partial charge in [-0.05, 0) is 66.2 Å². The quantitative estimate of drug-likeness (QED) is 0.810. The molecule has 1 unspecified atom stereocenters. The monoisotopic (exact) mass is 351 g/mol. The van der Waals surface area contributed by atoms with Gasteiger partial charge in [0.15, 0.2) is 0 Å². The maximum absolute atomic E-state index is 12.7. The molecule has 0 fully saturated rings. The van der Waals surface area contributed by atoms with Crippen molar-refractivity contribution in [2.75, 3.05) is 0 Å². The number of ether oxygens (including phenoxy) is 2. The van der Waals surface area contributed by atoms with E-state index in [1.807, 2.05) is 0 Å². The highest BCUT2D eigenvalue weighted by Gasteiger charge is 2.40. The standard InChI is InChI=1S/C19H29NO5/c1-17(2,3)24-15(22)19(7,20-16(23)25-18(4,5)6)12-13-8-10-14(21)11-9-13/h8-11,21H,12H2,1-7H3,(H,20,23). The minimum Gasteiger partial charge on any atom is -0.508 e. The molecule has 1 amide bonds. The third-order valence-corrected chi connectivity index (χ3v) is 3.12. The second-order valence-corrected chi connectivity index (χ2v) is 8.30. The van der Waals surface area contributed by atoms with Crippen molar-refractivity contribution in [1.29, 1.82) is 0 Å². The SMILES string of the molecule is CC(C)(C)OC(=O)NC(C)(Cc1ccc(O)cc1)C(=O)OC(C)(C)C. The smallest absolute Gasteiger partial charge is 0.408 e. The van der Waals surface area contributed by atoms with Gasteiger partial charge in [0.2, 0.25) is 0 Å². The maximum atomic E-state index is 12.7. The first-order valence-corrected chi connectivity index (χ1v) is 8.23. The number of esters is 1. The Kier molecular flexibility index (Phi) is 6.10. The fourth-order valence-corrected chi connectivity index (χ4v) is 2.11. The van der Waals surface area contributed by atoms with E-state index in [1.165, 1.54) is 12.1 Å². The number of amides is 1. The lowest BCUT2D eigenvalue weighted by atomic mass is 9.92. The number of hydrogen-bond donors (Lipinski definition) is 2. The van der Waals surface area contributed by atoms with Gasteiger partial charge < -0.3 is 19.9 Å². The van der Waals surface area contributed by atoms with E-state index >= 15 is 0 Å². The van der Waals surface area contributed by atoms with Crippen molar-refractivity contribution >= 4 is 12.1 Å². The van der Waals surface area contributed by atoms with E-state index in [2.05, 4.69) is 5.32 Å². The molecule has 0 aliphatic carbocycles. The number of carbonyl (C=O) groups is 2. The Balaban J connectivity index is 3.05. The van der Waals surface area contributed by atoms with Gasteiger partial charge in [-0.3, -0.25) is 0 Å². The minimum atomic E-state index is -1.31. The summed E-state index contributed by atoms with van der Waals surface area (Å²) >= 11 is 0. The van der Waals surface area contributed by atoms with Crippen LogP contribution >= 0.6 is 0 Å². The Morgan fingerprint density at radius 3 is 1.84 bits per heavy atom. The van der Waals surface area contributed by atoms with Crippen LogP contribution in [0, 0.1) is 0 Å². The fourth-order valence-electron chi connectivity index (χ4n) is 2.11. The highest BCUT2D eigenvalue weighted by atomic mass is 16.6. The molecule has 1 aromatic rings. The molecule has 0 saturated carbocycles. The summed E-state index contributed by atoms with van der Waals surface area (Å²) in [5.74, 6) is -0.429. The van der Waals surface area contributed by atoms with E-state index in [0.717, 1.165) is 5.56 Å². The molecular weight excluding hydrogens is 322 g/mol. The van der Waals surface area contributed by atoms with E-state index in [0.29, 0.717) is 0 Å². The highest BCUT2D eigenvalue weighted by Crippen LogP contribution is 2.21. The van der Waals surface area contributed by atoms with Crippen LogP contribution in [0.15, 0.2) is 24.3 Å². The van der Waals surface area contributed by atoms with Gasteiger partial charge in [-0.2, -0.15) is 0 Å². The van der Waals surface area contributed by atoms with Crippen LogP contribution in [0.3, 0.4) is 0 Å². The molecule has 0 spiro atoms. The number of benzene rings is 1. The number of aromatic hydroxyl groups is 1. The molecule has 0 heterocycles. The molecule has 140 valence electrons. The molecular formula is C19H29NO5. The van der Waals surface area contributed by atoms with Gasteiger partial charge in [0, 0.05) is 6.42 Å². The third-order valence-electron chi connectivity index (χ3n) is 3.12. The first kappa shape index (κ1) is 20.8. The summed E-state index contributed by atoms with van der Waals surface area (Å²) < 4.78 is 10.7. The molecule has 0 aliphatic heterocycles. The zero-order chi connectivity index (χ0) is 19.5. The molecule has 1 rings (SSSR count). The van der Waals surface area contributed by atoms with Gasteiger partial charge in [-0.1, -0.05) is 12.1 Å². The summed E-state index contributed by atoms with van der Waals surface area (Å²) in [6.45, 7) is 12.1. The molecule has 6 heteroatoms. The maximum Gasteiger partial charge on any atom is 0.408 e. The van der Waals surface area contributed by atoms with Crippen molar-refractivity contribution in [1.82, 2.24) is 5.32 Å². The lowest BCUT2D eigenvalue weighted by Gasteiger charge is -2.33. The lowest BCUT2D eigenvalue weighted by Crippen LogP contribution is -2.56. The summed E-state index contributed by atoms with van der Waals surface area (Å²) in [6, 6.07) is 6.43. The zero-order valence-electron chi connectivity index (χ0n) is 16.1. The molecule has 0 radical (unpaired) electrons. The van der Waals surface area contributed by atoms with Gasteiger partial charge in [-0.15, -0.1) is 0 Å². The zero-order valence-corrected chi connectivity index (χ0v) is 16.1. The molecule has 1 atom stereocenters. The summed E-state index contributed by atoms with van der Waals surface area (Å²) in [7, 11) is 0. The average molecular weight is 351 g/mol. The van der Waals surface area contributed by atoms with E-state index < -0.39 is 28.8 Å². The Morgan fingerprint density at radius 2 is 1.40 bits per heavy atom. The van der Waals surface area contributed by atoms with Gasteiger partial charge in [0.05, 0.1) is 0 Å². The Labute approximate surface area is 149 Å². The topological polar surface area (TPSA) is 84.9 Å². The average Bonchev–Trinajstić information content (AvgIpc) is 2.37. The van der Waals surface area contributed by atoms with E-state index in [1.54, 1.807) is 60.6 Å². The van der Waals surface area contributed by atoms with Crippen LogP contribution in [0.5, 0.6) is 5.75 Å². The van der Waals surface area contributed by atoms with Crippen LogP contribution in [0.1, 0.15) is 54.0 Å². The molecule has 6 nitrogen and oxygen atoms in total. The Bertz CT molecular complexity index is 610. The number of nitrogens with one attached hydrogen (secondary N) is 1. The van der Waals surface area contributed by atoms with Crippen molar-refractivity contribution in [3.63, 3.8) is 0 Å². The van der Waals surface area contributed by atoms with E-state index in [-0.39, 0.29) is 12.2 Å². The molecule has 2 N–H and O–H groups in total. The predicted molar refractivity (Wildman–Crippen MR) is 95.4 cm³/mol. The second kappa shape index (κ2) is 7.33. The molecule has 25 heavy (non-hydrogen) atoms. The number of rotatable bonds is 4. The van der Waals surface area contributed by atoms with Crippen LogP contribution in [-0.4, -0.2) is 33.9 Å². The van der Waals surface area contributed by atoms with Crippen LogP contribution in [0.25, 0.3) is 0 Å². The van der Waals surface area contributed by atoms with Gasteiger partial charge in [0.25, 0.3) is 0 Å². The van der Waals surface area contributed by atoms with Crippen molar-refractivity contribution in [2.24, 2.45) is 0 Å². The van der Waals surface area contributed by atoms with Crippen molar-refractivity contribution in [3.05, 3.63) is 29.8 Å². The summed E-state index contributed by atoms with van der Waals surface area (Å²) in [5, 5.41) is 12.0. The summed E-state index contributed by atoms with van der Waals surface area (Å²) in [4.78, 5) is 24.9. The van der Waals surface area contributed by atoms with E-state index in [4.69, 9.17) is 9.47 Å². The molecule has 0 aliphatic rings. The fraction of sp³-hybridized carbons (Fsp3) is 0.579. The number of phenols is 1. The molecule has 0 aromatic heterocycles. The first-order valence-electron chi connectivity index (χ1n) is 8.23. The summed E-state index contributed by atoms with van der Waals surface area (Å²) in [6.07, 6.45) is -0.499. The van der Waals surface area contributed by atoms with Gasteiger partial charge in [0.1, 0.15) is 22.5 Å².